The van der Waals surface area contributed by atoms with Gasteiger partial charge in [-0.05, 0) is 24.3 Å². The van der Waals surface area contributed by atoms with Gasteiger partial charge in [-0.25, -0.2) is 9.97 Å². The Morgan fingerprint density at radius 3 is 2.36 bits per heavy atom. The number of methoxy groups -OCH3 is 2. The van der Waals surface area contributed by atoms with E-state index in [1.807, 2.05) is 36.2 Å². The summed E-state index contributed by atoms with van der Waals surface area (Å²) >= 11 is 0. The summed E-state index contributed by atoms with van der Waals surface area (Å²) in [6, 6.07) is 12.9. The molecule has 1 unspecified atom stereocenters. The highest BCUT2D eigenvalue weighted by Gasteiger charge is 2.40. The first-order chi connectivity index (χ1) is 16.0. The lowest BCUT2D eigenvalue weighted by molar-refractivity contribution is -0.124. The van der Waals surface area contributed by atoms with Crippen molar-refractivity contribution in [1.29, 1.82) is 0 Å². The third-order valence-electron chi connectivity index (χ3n) is 6.23. The molecular formula is C24H25N5O4. The number of likely N-dealkylation sites (N-methyl/N-ethyl adjacent to an activating group) is 1. The second-order valence-corrected chi connectivity index (χ2v) is 8.22. The van der Waals surface area contributed by atoms with Crippen molar-refractivity contribution in [1.82, 2.24) is 9.97 Å². The summed E-state index contributed by atoms with van der Waals surface area (Å²) in [5.41, 5.74) is 2.20. The molecule has 1 fully saturated rings. The second kappa shape index (κ2) is 8.23. The highest BCUT2D eigenvalue weighted by molar-refractivity contribution is 6.05. The molecule has 170 valence electrons. The molecule has 2 amide bonds. The largest absolute Gasteiger partial charge is 0.493 e. The van der Waals surface area contributed by atoms with E-state index < -0.39 is 5.92 Å². The molecule has 9 heteroatoms. The van der Waals surface area contributed by atoms with Crippen LogP contribution in [0.1, 0.15) is 6.42 Å². The topological polar surface area (TPSA) is 88.1 Å². The summed E-state index contributed by atoms with van der Waals surface area (Å²) in [6.45, 7) is 1.44. The van der Waals surface area contributed by atoms with Gasteiger partial charge in [0.1, 0.15) is 0 Å². The molecule has 3 heterocycles. The first-order valence-corrected chi connectivity index (χ1v) is 10.8. The summed E-state index contributed by atoms with van der Waals surface area (Å²) < 4.78 is 10.7. The number of rotatable bonds is 4. The van der Waals surface area contributed by atoms with Crippen molar-refractivity contribution in [3.8, 4) is 11.5 Å². The molecule has 5 rings (SSSR count). The number of amides is 2. The molecule has 0 bridgehead atoms. The van der Waals surface area contributed by atoms with Crippen LogP contribution in [0.2, 0.25) is 0 Å². The van der Waals surface area contributed by atoms with Crippen molar-refractivity contribution < 1.29 is 19.1 Å². The van der Waals surface area contributed by atoms with Crippen LogP contribution in [0.5, 0.6) is 11.5 Å². The van der Waals surface area contributed by atoms with E-state index >= 15 is 0 Å². The predicted molar refractivity (Wildman–Crippen MR) is 125 cm³/mol. The maximum absolute atomic E-state index is 13.6. The van der Waals surface area contributed by atoms with Gasteiger partial charge in [-0.2, -0.15) is 0 Å². The zero-order valence-corrected chi connectivity index (χ0v) is 18.8. The lowest BCUT2D eigenvalue weighted by Crippen LogP contribution is -2.46. The maximum atomic E-state index is 13.6. The van der Waals surface area contributed by atoms with Gasteiger partial charge in [-0.1, -0.05) is 12.1 Å². The van der Waals surface area contributed by atoms with E-state index in [1.54, 1.807) is 42.2 Å². The van der Waals surface area contributed by atoms with Crippen LogP contribution in [0.4, 0.5) is 17.3 Å². The first-order valence-electron chi connectivity index (χ1n) is 10.8. The number of nitrogens with zero attached hydrogens (tertiary/aromatic N) is 5. The van der Waals surface area contributed by atoms with Gasteiger partial charge in [0.05, 0.1) is 31.2 Å². The lowest BCUT2D eigenvalue weighted by Gasteiger charge is -2.34. The Labute approximate surface area is 191 Å². The molecule has 0 aliphatic carbocycles. The minimum atomic E-state index is -0.463. The SMILES string of the molecule is COc1ccc(N2CC(C(=O)N3CCN(C)c4nc5ccccc5nc43)CC2=O)cc1OC. The lowest BCUT2D eigenvalue weighted by atomic mass is 10.1. The Balaban J connectivity index is 1.43. The van der Waals surface area contributed by atoms with Gasteiger partial charge in [0, 0.05) is 44.9 Å². The van der Waals surface area contributed by atoms with Crippen molar-refractivity contribution in [3.05, 3.63) is 42.5 Å². The number of fused-ring (bicyclic) bond motifs is 2. The van der Waals surface area contributed by atoms with E-state index in [1.165, 1.54) is 0 Å². The average Bonchev–Trinajstić information content (AvgIpc) is 3.24. The Kier molecular flexibility index (Phi) is 5.24. The smallest absolute Gasteiger partial charge is 0.233 e. The summed E-state index contributed by atoms with van der Waals surface area (Å²) in [5, 5.41) is 0. The Hall–Kier alpha value is -3.88. The number of hydrogen-bond donors (Lipinski definition) is 0. The van der Waals surface area contributed by atoms with Crippen LogP contribution in [0.15, 0.2) is 42.5 Å². The standard InChI is InChI=1S/C24H25N5O4/c1-27-10-11-28(23-22(27)25-17-6-4-5-7-18(17)26-23)24(31)15-12-21(30)29(14-15)16-8-9-19(32-2)20(13-16)33-3/h4-9,13,15H,10-12,14H2,1-3H3. The minimum absolute atomic E-state index is 0.0977. The van der Waals surface area contributed by atoms with Gasteiger partial charge in [0.2, 0.25) is 11.8 Å². The maximum Gasteiger partial charge on any atom is 0.233 e. The number of benzene rings is 2. The van der Waals surface area contributed by atoms with Crippen LogP contribution in [0.25, 0.3) is 11.0 Å². The number of carbonyl (C=O) groups excluding carboxylic acids is 2. The van der Waals surface area contributed by atoms with E-state index in [0.717, 1.165) is 11.0 Å². The molecule has 3 aromatic rings. The normalized spacial score (nSPS) is 18.0. The fourth-order valence-electron chi connectivity index (χ4n) is 4.43. The predicted octanol–water partition coefficient (Wildman–Crippen LogP) is 2.48. The molecular weight excluding hydrogens is 422 g/mol. The first kappa shape index (κ1) is 21.0. The fourth-order valence-corrected chi connectivity index (χ4v) is 4.43. The number of anilines is 3. The molecule has 0 saturated carbocycles. The molecule has 2 aliphatic rings. The quantitative estimate of drug-likeness (QED) is 0.607. The highest BCUT2D eigenvalue weighted by Crippen LogP contribution is 2.36. The fraction of sp³-hybridized carbons (Fsp3) is 0.333. The Morgan fingerprint density at radius 1 is 0.970 bits per heavy atom. The Morgan fingerprint density at radius 2 is 1.67 bits per heavy atom. The Bertz CT molecular complexity index is 1250. The molecule has 2 aliphatic heterocycles. The number of hydrogen-bond acceptors (Lipinski definition) is 7. The van der Waals surface area contributed by atoms with E-state index in [-0.39, 0.29) is 18.2 Å². The van der Waals surface area contributed by atoms with Gasteiger partial charge >= 0.3 is 0 Å². The van der Waals surface area contributed by atoms with Crippen molar-refractivity contribution in [3.63, 3.8) is 0 Å². The molecule has 9 nitrogen and oxygen atoms in total. The van der Waals surface area contributed by atoms with Gasteiger partial charge in [0.25, 0.3) is 0 Å². The highest BCUT2D eigenvalue weighted by atomic mass is 16.5. The number of carbonyl (C=O) groups is 2. The van der Waals surface area contributed by atoms with Crippen LogP contribution < -0.4 is 24.2 Å². The van der Waals surface area contributed by atoms with Gasteiger partial charge in [-0.3, -0.25) is 14.5 Å². The summed E-state index contributed by atoms with van der Waals surface area (Å²) in [6.07, 6.45) is 0.149. The summed E-state index contributed by atoms with van der Waals surface area (Å²) in [5.74, 6) is 1.67. The summed E-state index contributed by atoms with van der Waals surface area (Å²) in [4.78, 5) is 41.2. The number of para-hydroxylation sites is 2. The van der Waals surface area contributed by atoms with E-state index in [4.69, 9.17) is 19.4 Å². The van der Waals surface area contributed by atoms with Gasteiger partial charge < -0.3 is 19.3 Å². The third-order valence-corrected chi connectivity index (χ3v) is 6.23. The van der Waals surface area contributed by atoms with Crippen LogP contribution in [0, 0.1) is 5.92 Å². The van der Waals surface area contributed by atoms with Gasteiger partial charge in [-0.15, -0.1) is 0 Å². The van der Waals surface area contributed by atoms with Crippen molar-refractivity contribution >= 4 is 40.2 Å². The third kappa shape index (κ3) is 3.59. The van der Waals surface area contributed by atoms with Crippen LogP contribution in [-0.4, -0.2) is 62.7 Å². The van der Waals surface area contributed by atoms with Gasteiger partial charge in [0.15, 0.2) is 23.1 Å². The molecule has 1 aromatic heterocycles. The molecule has 0 radical (unpaired) electrons. The number of aromatic nitrogens is 2. The van der Waals surface area contributed by atoms with E-state index in [2.05, 4.69) is 0 Å². The van der Waals surface area contributed by atoms with Crippen molar-refractivity contribution in [2.24, 2.45) is 5.92 Å². The number of ether oxygens (including phenoxy) is 2. The molecule has 2 aromatic carbocycles. The van der Waals surface area contributed by atoms with Crippen LogP contribution in [-0.2, 0) is 9.59 Å². The minimum Gasteiger partial charge on any atom is -0.493 e. The molecule has 0 N–H and O–H groups in total. The van der Waals surface area contributed by atoms with Crippen molar-refractivity contribution in [2.75, 3.05) is 55.6 Å². The van der Waals surface area contributed by atoms with Crippen LogP contribution >= 0.6 is 0 Å². The molecule has 0 spiro atoms. The van der Waals surface area contributed by atoms with E-state index in [0.29, 0.717) is 48.5 Å². The zero-order valence-electron chi connectivity index (χ0n) is 18.8. The zero-order chi connectivity index (χ0) is 23.1. The summed E-state index contributed by atoms with van der Waals surface area (Å²) in [7, 11) is 5.06. The molecule has 1 saturated heterocycles. The second-order valence-electron chi connectivity index (χ2n) is 8.22. The molecule has 1 atom stereocenters. The van der Waals surface area contributed by atoms with Crippen molar-refractivity contribution in [2.45, 2.75) is 6.42 Å². The monoisotopic (exact) mass is 447 g/mol. The van der Waals surface area contributed by atoms with E-state index in [9.17, 15) is 9.59 Å². The molecule has 33 heavy (non-hydrogen) atoms. The van der Waals surface area contributed by atoms with Crippen LogP contribution in [0.3, 0.4) is 0 Å². The average molecular weight is 447 g/mol.